The zero-order valence-electron chi connectivity index (χ0n) is 13.0. The molecule has 0 aromatic heterocycles. The molecule has 1 aliphatic rings. The lowest BCUT2D eigenvalue weighted by Crippen LogP contribution is -2.47. The van der Waals surface area contributed by atoms with Gasteiger partial charge < -0.3 is 19.7 Å². The molecule has 1 N–H and O–H groups in total. The van der Waals surface area contributed by atoms with E-state index >= 15 is 0 Å². The zero-order chi connectivity index (χ0) is 15.2. The molecule has 1 aromatic rings. The first kappa shape index (κ1) is 15.6. The molecule has 21 heavy (non-hydrogen) atoms. The van der Waals surface area contributed by atoms with E-state index in [4.69, 9.17) is 9.47 Å². The van der Waals surface area contributed by atoms with Gasteiger partial charge in [0.2, 0.25) is 0 Å². The van der Waals surface area contributed by atoms with E-state index in [2.05, 4.69) is 5.32 Å². The van der Waals surface area contributed by atoms with E-state index in [9.17, 15) is 4.79 Å². The van der Waals surface area contributed by atoms with Crippen molar-refractivity contribution >= 4 is 11.7 Å². The van der Waals surface area contributed by atoms with Crippen LogP contribution in [0.15, 0.2) is 24.3 Å². The van der Waals surface area contributed by atoms with E-state index in [1.807, 2.05) is 43.1 Å². The maximum Gasteiger partial charge on any atom is 0.324 e. The molecular formula is C16H24N2O3. The van der Waals surface area contributed by atoms with Gasteiger partial charge in [-0.25, -0.2) is 0 Å². The Morgan fingerprint density at radius 2 is 2.14 bits per heavy atom. The number of nitrogens with zero attached hydrogens (tertiary/aromatic N) is 1. The minimum Gasteiger partial charge on any atom is -0.495 e. The predicted octanol–water partition coefficient (Wildman–Crippen LogP) is 1.82. The van der Waals surface area contributed by atoms with Crippen molar-refractivity contribution in [2.45, 2.75) is 31.8 Å². The number of hydrogen-bond donors (Lipinski definition) is 1. The summed E-state index contributed by atoms with van der Waals surface area (Å²) in [6.45, 7) is 2.78. The quantitative estimate of drug-likeness (QED) is 0.741. The van der Waals surface area contributed by atoms with Crippen LogP contribution in [0.1, 0.15) is 19.8 Å². The summed E-state index contributed by atoms with van der Waals surface area (Å²) in [4.78, 5) is 14.1. The van der Waals surface area contributed by atoms with Gasteiger partial charge in [0.05, 0.1) is 19.4 Å². The Morgan fingerprint density at radius 3 is 2.76 bits per heavy atom. The van der Waals surface area contributed by atoms with Gasteiger partial charge in [-0.15, -0.1) is 0 Å². The molecule has 0 heterocycles. The Morgan fingerprint density at radius 1 is 1.43 bits per heavy atom. The van der Waals surface area contributed by atoms with Crippen molar-refractivity contribution in [3.05, 3.63) is 24.3 Å². The molecule has 1 aromatic carbocycles. The zero-order valence-corrected chi connectivity index (χ0v) is 13.0. The highest BCUT2D eigenvalue weighted by atomic mass is 16.5. The highest BCUT2D eigenvalue weighted by Crippen LogP contribution is 2.27. The normalized spacial score (nSPS) is 15.4. The molecular weight excluding hydrogens is 268 g/mol. The van der Waals surface area contributed by atoms with E-state index in [0.717, 1.165) is 24.3 Å². The van der Waals surface area contributed by atoms with Gasteiger partial charge in [0.15, 0.2) is 0 Å². The maximum atomic E-state index is 12.1. The van der Waals surface area contributed by atoms with Gasteiger partial charge in [0.25, 0.3) is 0 Å². The fourth-order valence-electron chi connectivity index (χ4n) is 2.29. The van der Waals surface area contributed by atoms with Crippen molar-refractivity contribution in [3.63, 3.8) is 0 Å². The second kappa shape index (κ2) is 7.31. The molecule has 0 amide bonds. The van der Waals surface area contributed by atoms with Gasteiger partial charge >= 0.3 is 5.97 Å². The largest absolute Gasteiger partial charge is 0.495 e. The van der Waals surface area contributed by atoms with Crippen molar-refractivity contribution in [1.82, 2.24) is 5.32 Å². The Balaban J connectivity index is 2.05. The monoisotopic (exact) mass is 292 g/mol. The number of benzene rings is 1. The number of methoxy groups -OCH3 is 1. The molecule has 116 valence electrons. The van der Waals surface area contributed by atoms with Gasteiger partial charge in [-0.05, 0) is 31.9 Å². The molecule has 1 unspecified atom stereocenters. The Kier molecular flexibility index (Phi) is 5.44. The summed E-state index contributed by atoms with van der Waals surface area (Å²) in [5.74, 6) is 0.611. The van der Waals surface area contributed by atoms with Gasteiger partial charge in [-0.2, -0.15) is 0 Å². The third kappa shape index (κ3) is 4.36. The van der Waals surface area contributed by atoms with Crippen LogP contribution in [0.4, 0.5) is 5.69 Å². The molecule has 0 spiro atoms. The number of carbonyl (C=O) groups excluding carboxylic acids is 1. The summed E-state index contributed by atoms with van der Waals surface area (Å²) in [6.07, 6.45) is 2.27. The third-order valence-corrected chi connectivity index (χ3v) is 3.54. The SMILES string of the molecule is CCOC(=O)C(CN(C)c1ccccc1OC)NC1CC1. The number of likely N-dealkylation sites (N-methyl/N-ethyl adjacent to an activating group) is 1. The molecule has 1 fully saturated rings. The number of para-hydroxylation sites is 2. The Bertz CT molecular complexity index is 474. The molecule has 1 atom stereocenters. The van der Waals surface area contributed by atoms with Gasteiger partial charge in [0.1, 0.15) is 11.8 Å². The number of rotatable bonds is 8. The Hall–Kier alpha value is -1.75. The van der Waals surface area contributed by atoms with Crippen LogP contribution in [-0.2, 0) is 9.53 Å². The van der Waals surface area contributed by atoms with Crippen LogP contribution >= 0.6 is 0 Å². The third-order valence-electron chi connectivity index (χ3n) is 3.54. The first-order chi connectivity index (χ1) is 10.2. The number of esters is 1. The van der Waals surface area contributed by atoms with Crippen molar-refractivity contribution in [2.75, 3.05) is 32.2 Å². The summed E-state index contributed by atoms with van der Waals surface area (Å²) < 4.78 is 10.5. The molecule has 0 aliphatic heterocycles. The fourth-order valence-corrected chi connectivity index (χ4v) is 2.29. The van der Waals surface area contributed by atoms with E-state index in [0.29, 0.717) is 19.2 Å². The summed E-state index contributed by atoms with van der Waals surface area (Å²) >= 11 is 0. The average molecular weight is 292 g/mol. The van der Waals surface area contributed by atoms with Crippen molar-refractivity contribution in [3.8, 4) is 5.75 Å². The highest BCUT2D eigenvalue weighted by molar-refractivity contribution is 5.77. The molecule has 0 bridgehead atoms. The van der Waals surface area contributed by atoms with E-state index < -0.39 is 0 Å². The lowest BCUT2D eigenvalue weighted by atomic mass is 10.2. The standard InChI is InChI=1S/C16H24N2O3/c1-4-21-16(19)13(17-12-9-10-12)11-18(2)14-7-5-6-8-15(14)20-3/h5-8,12-13,17H,4,9-11H2,1-3H3. The smallest absolute Gasteiger partial charge is 0.324 e. The van der Waals surface area contributed by atoms with Crippen molar-refractivity contribution < 1.29 is 14.3 Å². The van der Waals surface area contributed by atoms with Gasteiger partial charge in [-0.1, -0.05) is 12.1 Å². The van der Waals surface area contributed by atoms with Crippen LogP contribution in [0.25, 0.3) is 0 Å². The van der Waals surface area contributed by atoms with E-state index in [-0.39, 0.29) is 12.0 Å². The van der Waals surface area contributed by atoms with Gasteiger partial charge in [-0.3, -0.25) is 4.79 Å². The van der Waals surface area contributed by atoms with Crippen LogP contribution in [0.3, 0.4) is 0 Å². The van der Waals surface area contributed by atoms with Crippen LogP contribution in [0, 0.1) is 0 Å². The number of anilines is 1. The average Bonchev–Trinajstić information content (AvgIpc) is 3.30. The topological polar surface area (TPSA) is 50.8 Å². The minimum absolute atomic E-state index is 0.189. The summed E-state index contributed by atoms with van der Waals surface area (Å²) in [6, 6.07) is 7.93. The molecule has 5 heteroatoms. The molecule has 0 radical (unpaired) electrons. The summed E-state index contributed by atoms with van der Waals surface area (Å²) in [7, 11) is 3.61. The molecule has 2 rings (SSSR count). The lowest BCUT2D eigenvalue weighted by molar-refractivity contribution is -0.145. The lowest BCUT2D eigenvalue weighted by Gasteiger charge is -2.26. The molecule has 1 aliphatic carbocycles. The maximum absolute atomic E-state index is 12.1. The molecule has 0 saturated heterocycles. The highest BCUT2D eigenvalue weighted by Gasteiger charge is 2.30. The summed E-state index contributed by atoms with van der Waals surface area (Å²) in [5, 5.41) is 3.36. The number of nitrogens with one attached hydrogen (secondary N) is 1. The summed E-state index contributed by atoms with van der Waals surface area (Å²) in [5.41, 5.74) is 0.965. The van der Waals surface area contributed by atoms with Crippen LogP contribution in [0.2, 0.25) is 0 Å². The molecule has 1 saturated carbocycles. The predicted molar refractivity (Wildman–Crippen MR) is 82.8 cm³/mol. The second-order valence-electron chi connectivity index (χ2n) is 5.30. The van der Waals surface area contributed by atoms with E-state index in [1.165, 1.54) is 0 Å². The van der Waals surface area contributed by atoms with Crippen LogP contribution in [0.5, 0.6) is 5.75 Å². The molecule has 5 nitrogen and oxygen atoms in total. The van der Waals surface area contributed by atoms with E-state index in [1.54, 1.807) is 7.11 Å². The second-order valence-corrected chi connectivity index (χ2v) is 5.30. The van der Waals surface area contributed by atoms with Crippen molar-refractivity contribution in [1.29, 1.82) is 0 Å². The first-order valence-corrected chi connectivity index (χ1v) is 7.42. The number of hydrogen-bond acceptors (Lipinski definition) is 5. The minimum atomic E-state index is -0.313. The number of carbonyl (C=O) groups is 1. The Labute approximate surface area is 126 Å². The van der Waals surface area contributed by atoms with Gasteiger partial charge in [0, 0.05) is 19.6 Å². The van der Waals surface area contributed by atoms with Crippen LogP contribution < -0.4 is 15.0 Å². The van der Waals surface area contributed by atoms with Crippen LogP contribution in [-0.4, -0.2) is 45.4 Å². The fraction of sp³-hybridized carbons (Fsp3) is 0.562. The first-order valence-electron chi connectivity index (χ1n) is 7.42. The van der Waals surface area contributed by atoms with Crippen molar-refractivity contribution in [2.24, 2.45) is 0 Å². The number of ether oxygens (including phenoxy) is 2.